The third-order valence-electron chi connectivity index (χ3n) is 4.27. The normalized spacial score (nSPS) is 10.8. The zero-order valence-electron chi connectivity index (χ0n) is 15.3. The Labute approximate surface area is 167 Å². The standard InChI is InChI=1S/C23H18FNO2S/c1-26-20-13-12-16(14-19(20)24)15-28-23-25-21(17-8-4-2-5-9-17)22(27-23)18-10-6-3-7-11-18/h2-14H,15H2,1H3. The quantitative estimate of drug-likeness (QED) is 0.354. The van der Waals surface area contributed by atoms with Crippen LogP contribution in [0.25, 0.3) is 22.6 Å². The van der Waals surface area contributed by atoms with Crippen molar-refractivity contribution in [3.8, 4) is 28.3 Å². The van der Waals surface area contributed by atoms with Crippen molar-refractivity contribution in [1.29, 1.82) is 0 Å². The first-order valence-corrected chi connectivity index (χ1v) is 9.80. The fourth-order valence-corrected chi connectivity index (χ4v) is 3.65. The Bertz CT molecular complexity index is 1010. The molecule has 3 aromatic carbocycles. The number of ether oxygens (including phenoxy) is 1. The van der Waals surface area contributed by atoms with Crippen LogP contribution in [0.3, 0.4) is 0 Å². The number of hydrogen-bond acceptors (Lipinski definition) is 4. The fourth-order valence-electron chi connectivity index (χ4n) is 2.88. The van der Waals surface area contributed by atoms with Crippen molar-refractivity contribution in [3.05, 3.63) is 90.2 Å². The summed E-state index contributed by atoms with van der Waals surface area (Å²) in [5.74, 6) is 1.14. The zero-order chi connectivity index (χ0) is 19.3. The minimum absolute atomic E-state index is 0.239. The Morgan fingerprint density at radius 1 is 0.929 bits per heavy atom. The molecule has 0 fully saturated rings. The fraction of sp³-hybridized carbons (Fsp3) is 0.0870. The SMILES string of the molecule is COc1ccc(CSc2nc(-c3ccccc3)c(-c3ccccc3)o2)cc1F. The molecule has 140 valence electrons. The predicted molar refractivity (Wildman–Crippen MR) is 110 cm³/mol. The molecule has 0 amide bonds. The number of aromatic nitrogens is 1. The van der Waals surface area contributed by atoms with Gasteiger partial charge < -0.3 is 9.15 Å². The van der Waals surface area contributed by atoms with E-state index in [4.69, 9.17) is 14.1 Å². The minimum atomic E-state index is -0.372. The van der Waals surface area contributed by atoms with Gasteiger partial charge in [-0.05, 0) is 17.7 Å². The van der Waals surface area contributed by atoms with Crippen molar-refractivity contribution >= 4 is 11.8 Å². The second-order valence-corrected chi connectivity index (χ2v) is 7.07. The highest BCUT2D eigenvalue weighted by Gasteiger charge is 2.17. The molecular weight excluding hydrogens is 373 g/mol. The van der Waals surface area contributed by atoms with Crippen LogP contribution in [0.15, 0.2) is 88.5 Å². The summed E-state index contributed by atoms with van der Waals surface area (Å²) in [6.07, 6.45) is 0. The summed E-state index contributed by atoms with van der Waals surface area (Å²) in [5, 5.41) is 0.550. The maximum absolute atomic E-state index is 13.9. The van der Waals surface area contributed by atoms with E-state index in [1.54, 1.807) is 6.07 Å². The van der Waals surface area contributed by atoms with E-state index in [9.17, 15) is 4.39 Å². The summed E-state index contributed by atoms with van der Waals surface area (Å²) < 4.78 is 25.0. The first kappa shape index (κ1) is 18.3. The van der Waals surface area contributed by atoms with Gasteiger partial charge in [-0.2, -0.15) is 0 Å². The minimum Gasteiger partial charge on any atom is -0.494 e. The molecule has 0 N–H and O–H groups in total. The molecule has 0 radical (unpaired) electrons. The molecule has 1 aromatic heterocycles. The molecule has 0 bridgehead atoms. The second kappa shape index (κ2) is 8.31. The van der Waals surface area contributed by atoms with E-state index in [2.05, 4.69) is 0 Å². The lowest BCUT2D eigenvalue weighted by molar-refractivity contribution is 0.386. The zero-order valence-corrected chi connectivity index (χ0v) is 16.1. The number of thioether (sulfide) groups is 1. The number of rotatable bonds is 6. The Hall–Kier alpha value is -3.05. The Morgan fingerprint density at radius 2 is 1.61 bits per heavy atom. The molecule has 1 heterocycles. The van der Waals surface area contributed by atoms with Crippen LogP contribution in [0, 0.1) is 5.82 Å². The van der Waals surface area contributed by atoms with Crippen molar-refractivity contribution in [2.24, 2.45) is 0 Å². The largest absolute Gasteiger partial charge is 0.494 e. The Kier molecular flexibility index (Phi) is 5.44. The van der Waals surface area contributed by atoms with E-state index in [0.29, 0.717) is 11.0 Å². The van der Waals surface area contributed by atoms with Crippen molar-refractivity contribution in [2.75, 3.05) is 7.11 Å². The maximum atomic E-state index is 13.9. The Balaban J connectivity index is 1.63. The van der Waals surface area contributed by atoms with Crippen molar-refractivity contribution in [3.63, 3.8) is 0 Å². The lowest BCUT2D eigenvalue weighted by Gasteiger charge is -2.03. The molecule has 4 rings (SSSR count). The Morgan fingerprint density at radius 3 is 2.25 bits per heavy atom. The molecule has 0 aliphatic carbocycles. The highest BCUT2D eigenvalue weighted by Crippen LogP contribution is 2.36. The van der Waals surface area contributed by atoms with E-state index in [1.807, 2.05) is 66.7 Å². The predicted octanol–water partition coefficient (Wildman–Crippen LogP) is 6.45. The summed E-state index contributed by atoms with van der Waals surface area (Å²) in [6, 6.07) is 24.8. The van der Waals surface area contributed by atoms with Gasteiger partial charge >= 0.3 is 0 Å². The van der Waals surface area contributed by atoms with Gasteiger partial charge in [0.15, 0.2) is 17.3 Å². The van der Waals surface area contributed by atoms with Gasteiger partial charge in [0, 0.05) is 16.9 Å². The number of benzene rings is 3. The van der Waals surface area contributed by atoms with E-state index < -0.39 is 0 Å². The van der Waals surface area contributed by atoms with Gasteiger partial charge in [-0.1, -0.05) is 78.5 Å². The average Bonchev–Trinajstić information content (AvgIpc) is 3.18. The topological polar surface area (TPSA) is 35.3 Å². The molecule has 28 heavy (non-hydrogen) atoms. The van der Waals surface area contributed by atoms with Gasteiger partial charge in [0.25, 0.3) is 5.22 Å². The number of nitrogens with zero attached hydrogens (tertiary/aromatic N) is 1. The van der Waals surface area contributed by atoms with Gasteiger partial charge in [0.05, 0.1) is 7.11 Å². The molecule has 5 heteroatoms. The van der Waals surface area contributed by atoms with Gasteiger partial charge in [-0.3, -0.25) is 0 Å². The summed E-state index contributed by atoms with van der Waals surface area (Å²) >= 11 is 1.43. The molecule has 0 aliphatic heterocycles. The van der Waals surface area contributed by atoms with E-state index in [1.165, 1.54) is 24.9 Å². The lowest BCUT2D eigenvalue weighted by atomic mass is 10.1. The summed E-state index contributed by atoms with van der Waals surface area (Å²) in [4.78, 5) is 4.71. The van der Waals surface area contributed by atoms with Crippen LogP contribution >= 0.6 is 11.8 Å². The van der Waals surface area contributed by atoms with Crippen LogP contribution in [0.4, 0.5) is 4.39 Å². The lowest BCUT2D eigenvalue weighted by Crippen LogP contribution is -1.90. The van der Waals surface area contributed by atoms with Crippen LogP contribution < -0.4 is 4.74 Å². The molecule has 0 unspecified atom stereocenters. The van der Waals surface area contributed by atoms with Crippen LogP contribution in [0.1, 0.15) is 5.56 Å². The number of oxazole rings is 1. The molecule has 0 aliphatic rings. The number of methoxy groups -OCH3 is 1. The van der Waals surface area contributed by atoms with Crippen molar-refractivity contribution in [1.82, 2.24) is 4.98 Å². The van der Waals surface area contributed by atoms with E-state index >= 15 is 0 Å². The van der Waals surface area contributed by atoms with Crippen LogP contribution in [-0.2, 0) is 5.75 Å². The monoisotopic (exact) mass is 391 g/mol. The van der Waals surface area contributed by atoms with E-state index in [-0.39, 0.29) is 11.6 Å². The third kappa shape index (κ3) is 3.94. The number of hydrogen-bond donors (Lipinski definition) is 0. The molecule has 4 aromatic rings. The van der Waals surface area contributed by atoms with Crippen LogP contribution in [0.2, 0.25) is 0 Å². The second-order valence-electron chi connectivity index (χ2n) is 6.15. The third-order valence-corrected chi connectivity index (χ3v) is 5.17. The van der Waals surface area contributed by atoms with E-state index in [0.717, 1.165) is 28.1 Å². The van der Waals surface area contributed by atoms with Crippen LogP contribution in [-0.4, -0.2) is 12.1 Å². The van der Waals surface area contributed by atoms with Gasteiger partial charge in [0.2, 0.25) is 0 Å². The van der Waals surface area contributed by atoms with Gasteiger partial charge in [-0.15, -0.1) is 0 Å². The maximum Gasteiger partial charge on any atom is 0.257 e. The van der Waals surface area contributed by atoms with Gasteiger partial charge in [0.1, 0.15) is 5.69 Å². The highest BCUT2D eigenvalue weighted by atomic mass is 32.2. The molecule has 0 spiro atoms. The van der Waals surface area contributed by atoms with Gasteiger partial charge in [-0.25, -0.2) is 9.37 Å². The summed E-state index contributed by atoms with van der Waals surface area (Å²) in [6.45, 7) is 0. The molecule has 0 atom stereocenters. The first-order chi connectivity index (χ1) is 13.7. The number of halogens is 1. The van der Waals surface area contributed by atoms with Crippen molar-refractivity contribution in [2.45, 2.75) is 11.0 Å². The molecule has 3 nitrogen and oxygen atoms in total. The molecular formula is C23H18FNO2S. The summed E-state index contributed by atoms with van der Waals surface area (Å²) in [7, 11) is 1.45. The first-order valence-electron chi connectivity index (χ1n) is 8.81. The highest BCUT2D eigenvalue weighted by molar-refractivity contribution is 7.98. The average molecular weight is 391 g/mol. The molecule has 0 saturated carbocycles. The summed E-state index contributed by atoms with van der Waals surface area (Å²) in [5.41, 5.74) is 3.60. The van der Waals surface area contributed by atoms with Crippen LogP contribution in [0.5, 0.6) is 5.75 Å². The molecule has 0 saturated heterocycles. The smallest absolute Gasteiger partial charge is 0.257 e. The van der Waals surface area contributed by atoms with Crippen molar-refractivity contribution < 1.29 is 13.5 Å².